The van der Waals surface area contributed by atoms with E-state index in [1.807, 2.05) is 31.2 Å². The summed E-state index contributed by atoms with van der Waals surface area (Å²) in [6.45, 7) is 5.66. The second-order valence-electron chi connectivity index (χ2n) is 7.12. The first-order valence-corrected chi connectivity index (χ1v) is 10.9. The highest BCUT2D eigenvalue weighted by Gasteiger charge is 2.26. The molecule has 4 rings (SSSR count). The van der Waals surface area contributed by atoms with Crippen LogP contribution < -0.4 is 5.73 Å². The molecule has 4 aromatic rings. The fourth-order valence-electron chi connectivity index (χ4n) is 3.32. The van der Waals surface area contributed by atoms with Gasteiger partial charge in [0, 0.05) is 23.7 Å². The van der Waals surface area contributed by atoms with Gasteiger partial charge in [-0.3, -0.25) is 5.10 Å². The second kappa shape index (κ2) is 7.12. The van der Waals surface area contributed by atoms with Gasteiger partial charge in [0.25, 0.3) is 0 Å². The molecule has 3 heterocycles. The lowest BCUT2D eigenvalue weighted by Crippen LogP contribution is -2.36. The first kappa shape index (κ1) is 19.3. The quantitative estimate of drug-likeness (QED) is 0.445. The van der Waals surface area contributed by atoms with E-state index in [4.69, 9.17) is 5.73 Å². The average Bonchev–Trinajstić information content (AvgIpc) is 3.35. The van der Waals surface area contributed by atoms with Crippen molar-refractivity contribution in [1.29, 1.82) is 0 Å². The number of fused-ring (bicyclic) bond motifs is 3. The van der Waals surface area contributed by atoms with Crippen LogP contribution in [0.25, 0.3) is 33.2 Å². The molecule has 0 saturated heterocycles. The topological polar surface area (TPSA) is 134 Å². The number of hydrogen-bond donors (Lipinski definition) is 3. The van der Waals surface area contributed by atoms with Crippen LogP contribution in [0.1, 0.15) is 26.6 Å². The van der Waals surface area contributed by atoms with Crippen LogP contribution in [0, 0.1) is 0 Å². The van der Waals surface area contributed by atoms with Crippen LogP contribution in [0.3, 0.4) is 0 Å². The summed E-state index contributed by atoms with van der Waals surface area (Å²) in [7, 11) is -3.39. The summed E-state index contributed by atoms with van der Waals surface area (Å²) in [6.07, 6.45) is 1.76. The normalized spacial score (nSPS) is 12.6. The molecular formula is C19H23N7O2S. The SMILES string of the molecule is CCN(Cc1nc2c(N)nc3cc(-c4cc[nH]n4)ccc3c2[nH]1)S(=O)(=O)C(C)C. The van der Waals surface area contributed by atoms with Crippen molar-refractivity contribution in [1.82, 2.24) is 29.5 Å². The highest BCUT2D eigenvalue weighted by atomic mass is 32.2. The molecule has 0 unspecified atom stereocenters. The Morgan fingerprint density at radius 2 is 2.00 bits per heavy atom. The average molecular weight is 414 g/mol. The fraction of sp³-hybridized carbons (Fsp3) is 0.316. The molecule has 0 radical (unpaired) electrons. The zero-order valence-corrected chi connectivity index (χ0v) is 17.3. The fourth-order valence-corrected chi connectivity index (χ4v) is 4.58. The van der Waals surface area contributed by atoms with Crippen molar-refractivity contribution in [3.63, 3.8) is 0 Å². The van der Waals surface area contributed by atoms with E-state index in [2.05, 4.69) is 25.1 Å². The Balaban J connectivity index is 1.79. The van der Waals surface area contributed by atoms with Crippen molar-refractivity contribution in [3.05, 3.63) is 36.3 Å². The molecule has 0 bridgehead atoms. The number of rotatable bonds is 6. The Labute approximate surface area is 168 Å². The van der Waals surface area contributed by atoms with E-state index in [1.165, 1.54) is 4.31 Å². The minimum atomic E-state index is -3.39. The molecule has 4 N–H and O–H groups in total. The van der Waals surface area contributed by atoms with Gasteiger partial charge in [0.05, 0.1) is 28.5 Å². The molecule has 29 heavy (non-hydrogen) atoms. The maximum absolute atomic E-state index is 12.5. The molecule has 0 aliphatic heterocycles. The zero-order chi connectivity index (χ0) is 20.8. The summed E-state index contributed by atoms with van der Waals surface area (Å²) in [6, 6.07) is 7.70. The van der Waals surface area contributed by atoms with Gasteiger partial charge in [0.2, 0.25) is 10.0 Å². The molecule has 10 heteroatoms. The summed E-state index contributed by atoms with van der Waals surface area (Å²) in [4.78, 5) is 12.3. The van der Waals surface area contributed by atoms with Crippen molar-refractivity contribution >= 4 is 37.8 Å². The van der Waals surface area contributed by atoms with E-state index in [-0.39, 0.29) is 6.54 Å². The number of hydrogen-bond acceptors (Lipinski definition) is 6. The van der Waals surface area contributed by atoms with Crippen LogP contribution in [-0.2, 0) is 16.6 Å². The van der Waals surface area contributed by atoms with Crippen LogP contribution in [0.4, 0.5) is 5.82 Å². The molecule has 9 nitrogen and oxygen atoms in total. The first-order valence-electron chi connectivity index (χ1n) is 9.38. The molecule has 3 aromatic heterocycles. The number of aromatic nitrogens is 5. The molecule has 152 valence electrons. The Bertz CT molecular complexity index is 1280. The number of pyridine rings is 1. The number of nitrogen functional groups attached to an aromatic ring is 1. The predicted molar refractivity (Wildman–Crippen MR) is 114 cm³/mol. The van der Waals surface area contributed by atoms with Crippen LogP contribution in [0.5, 0.6) is 0 Å². The van der Waals surface area contributed by atoms with E-state index in [1.54, 1.807) is 20.0 Å². The lowest BCUT2D eigenvalue weighted by Gasteiger charge is -2.21. The van der Waals surface area contributed by atoms with Crippen molar-refractivity contribution < 1.29 is 8.42 Å². The highest BCUT2D eigenvalue weighted by molar-refractivity contribution is 7.89. The van der Waals surface area contributed by atoms with E-state index in [9.17, 15) is 8.42 Å². The van der Waals surface area contributed by atoms with Crippen molar-refractivity contribution in [3.8, 4) is 11.3 Å². The highest BCUT2D eigenvalue weighted by Crippen LogP contribution is 2.29. The van der Waals surface area contributed by atoms with Gasteiger partial charge >= 0.3 is 0 Å². The molecule has 0 atom stereocenters. The number of H-pyrrole nitrogens is 2. The third-order valence-corrected chi connectivity index (χ3v) is 7.23. The van der Waals surface area contributed by atoms with Gasteiger partial charge in [-0.25, -0.2) is 18.4 Å². The molecule has 0 saturated carbocycles. The smallest absolute Gasteiger partial charge is 0.216 e. The molecule has 0 aliphatic carbocycles. The minimum Gasteiger partial charge on any atom is -0.382 e. The third-order valence-electron chi connectivity index (χ3n) is 4.93. The van der Waals surface area contributed by atoms with E-state index in [0.29, 0.717) is 29.2 Å². The maximum Gasteiger partial charge on any atom is 0.216 e. The second-order valence-corrected chi connectivity index (χ2v) is 9.60. The van der Waals surface area contributed by atoms with E-state index in [0.717, 1.165) is 22.2 Å². The van der Waals surface area contributed by atoms with Crippen LogP contribution in [0.2, 0.25) is 0 Å². The number of benzene rings is 1. The van der Waals surface area contributed by atoms with Gasteiger partial charge in [0.15, 0.2) is 5.82 Å². The monoisotopic (exact) mass is 413 g/mol. The van der Waals surface area contributed by atoms with Gasteiger partial charge in [-0.2, -0.15) is 9.40 Å². The first-order chi connectivity index (χ1) is 13.8. The number of nitrogens with two attached hydrogens (primary N) is 1. The zero-order valence-electron chi connectivity index (χ0n) is 16.5. The summed E-state index contributed by atoms with van der Waals surface area (Å²) < 4.78 is 26.5. The number of sulfonamides is 1. The van der Waals surface area contributed by atoms with Gasteiger partial charge < -0.3 is 10.7 Å². The minimum absolute atomic E-state index is 0.151. The number of nitrogens with zero attached hydrogens (tertiary/aromatic N) is 4. The number of anilines is 1. The van der Waals surface area contributed by atoms with Crippen molar-refractivity contribution in [2.45, 2.75) is 32.6 Å². The summed E-state index contributed by atoms with van der Waals surface area (Å²) in [5, 5.41) is 7.36. The summed E-state index contributed by atoms with van der Waals surface area (Å²) >= 11 is 0. The van der Waals surface area contributed by atoms with Crippen molar-refractivity contribution in [2.24, 2.45) is 0 Å². The lowest BCUT2D eigenvalue weighted by atomic mass is 10.1. The maximum atomic E-state index is 12.5. The standard InChI is InChI=1S/C19H23N7O2S/c1-4-26(29(27,28)11(2)3)10-16-23-17-13-6-5-12(14-7-8-21-25-14)9-15(13)22-19(20)18(17)24-16/h5-9,11H,4,10H2,1-3H3,(H2,20,22)(H,21,25)(H,23,24). The molecule has 0 amide bonds. The Morgan fingerprint density at radius 3 is 2.66 bits per heavy atom. The predicted octanol–water partition coefficient (Wildman–Crippen LogP) is 2.64. The molecule has 0 fully saturated rings. The third kappa shape index (κ3) is 3.34. The van der Waals surface area contributed by atoms with Crippen LogP contribution in [-0.4, -0.2) is 49.7 Å². The van der Waals surface area contributed by atoms with Gasteiger partial charge in [-0.1, -0.05) is 13.0 Å². The van der Waals surface area contributed by atoms with Gasteiger partial charge in [-0.05, 0) is 32.0 Å². The van der Waals surface area contributed by atoms with E-state index >= 15 is 0 Å². The van der Waals surface area contributed by atoms with Gasteiger partial charge in [0.1, 0.15) is 11.3 Å². The molecule has 1 aromatic carbocycles. The largest absolute Gasteiger partial charge is 0.382 e. The molecule has 0 spiro atoms. The number of nitrogens with one attached hydrogen (secondary N) is 2. The Kier molecular flexibility index (Phi) is 4.75. The lowest BCUT2D eigenvalue weighted by molar-refractivity contribution is 0.410. The molecule has 0 aliphatic rings. The van der Waals surface area contributed by atoms with Crippen LogP contribution >= 0.6 is 0 Å². The van der Waals surface area contributed by atoms with Crippen molar-refractivity contribution in [2.75, 3.05) is 12.3 Å². The van der Waals surface area contributed by atoms with Crippen LogP contribution in [0.15, 0.2) is 30.5 Å². The summed E-state index contributed by atoms with van der Waals surface area (Å²) in [5.74, 6) is 0.826. The number of imidazole rings is 1. The Hall–Kier alpha value is -2.98. The summed E-state index contributed by atoms with van der Waals surface area (Å²) in [5.41, 5.74) is 9.89. The number of aromatic amines is 2. The molecular weight excluding hydrogens is 390 g/mol. The van der Waals surface area contributed by atoms with Gasteiger partial charge in [-0.15, -0.1) is 0 Å². The van der Waals surface area contributed by atoms with E-state index < -0.39 is 15.3 Å². The Morgan fingerprint density at radius 1 is 1.21 bits per heavy atom.